The molecule has 4 heteroatoms. The molecule has 0 fully saturated rings. The summed E-state index contributed by atoms with van der Waals surface area (Å²) in [5.74, 6) is -0.185. The molecule has 0 bridgehead atoms. The molecule has 0 radical (unpaired) electrons. The Labute approximate surface area is 101 Å². The van der Waals surface area contributed by atoms with Crippen LogP contribution in [-0.4, -0.2) is 26.0 Å². The second kappa shape index (κ2) is 5.48. The first-order chi connectivity index (χ1) is 8.06. The molecule has 17 heavy (non-hydrogen) atoms. The SMILES string of the molecule is CCOC(=O)c1c(C)c(C)cc(C=O)c1OC. The zero-order chi connectivity index (χ0) is 13.0. The summed E-state index contributed by atoms with van der Waals surface area (Å²) < 4.78 is 10.1. The molecule has 4 nitrogen and oxygen atoms in total. The summed E-state index contributed by atoms with van der Waals surface area (Å²) >= 11 is 0. The fraction of sp³-hybridized carbons (Fsp3) is 0.385. The fourth-order valence-corrected chi connectivity index (χ4v) is 1.68. The summed E-state index contributed by atoms with van der Waals surface area (Å²) in [7, 11) is 1.43. The second-order valence-electron chi connectivity index (χ2n) is 3.65. The van der Waals surface area contributed by atoms with E-state index in [0.717, 1.165) is 11.1 Å². The number of carbonyl (C=O) groups is 2. The molecule has 0 unspecified atom stereocenters. The Morgan fingerprint density at radius 2 is 2.06 bits per heavy atom. The minimum Gasteiger partial charge on any atom is -0.495 e. The van der Waals surface area contributed by atoms with Crippen molar-refractivity contribution in [3.63, 3.8) is 0 Å². The van der Waals surface area contributed by atoms with E-state index >= 15 is 0 Å². The van der Waals surface area contributed by atoms with Gasteiger partial charge < -0.3 is 9.47 Å². The third kappa shape index (κ3) is 2.46. The van der Waals surface area contributed by atoms with E-state index in [1.165, 1.54) is 7.11 Å². The maximum atomic E-state index is 11.8. The lowest BCUT2D eigenvalue weighted by Gasteiger charge is -2.14. The minimum atomic E-state index is -0.464. The van der Waals surface area contributed by atoms with Crippen molar-refractivity contribution in [3.05, 3.63) is 28.3 Å². The highest BCUT2D eigenvalue weighted by atomic mass is 16.5. The average molecular weight is 236 g/mol. The molecule has 0 aliphatic heterocycles. The van der Waals surface area contributed by atoms with Crippen molar-refractivity contribution < 1.29 is 19.1 Å². The summed E-state index contributed by atoms with van der Waals surface area (Å²) in [6.07, 6.45) is 0.675. The Kier molecular flexibility index (Phi) is 4.26. The third-order valence-electron chi connectivity index (χ3n) is 2.64. The van der Waals surface area contributed by atoms with Crippen molar-refractivity contribution >= 4 is 12.3 Å². The molecular weight excluding hydrogens is 220 g/mol. The average Bonchev–Trinajstić information content (AvgIpc) is 2.31. The summed E-state index contributed by atoms with van der Waals surface area (Å²) in [6, 6.07) is 1.70. The molecular formula is C13H16O4. The van der Waals surface area contributed by atoms with Crippen LogP contribution < -0.4 is 4.74 Å². The molecule has 0 amide bonds. The number of aryl methyl sites for hydroxylation is 1. The second-order valence-corrected chi connectivity index (χ2v) is 3.65. The van der Waals surface area contributed by atoms with E-state index in [-0.39, 0.29) is 12.4 Å². The quantitative estimate of drug-likeness (QED) is 0.594. The number of carbonyl (C=O) groups excluding carboxylic acids is 2. The maximum Gasteiger partial charge on any atom is 0.342 e. The molecule has 92 valence electrons. The van der Waals surface area contributed by atoms with Gasteiger partial charge in [0.25, 0.3) is 0 Å². The van der Waals surface area contributed by atoms with Crippen molar-refractivity contribution in [2.24, 2.45) is 0 Å². The van der Waals surface area contributed by atoms with Gasteiger partial charge in [0.2, 0.25) is 0 Å². The number of rotatable bonds is 4. The molecule has 0 aromatic heterocycles. The highest BCUT2D eigenvalue weighted by molar-refractivity contribution is 5.98. The van der Waals surface area contributed by atoms with Crippen LogP contribution in [0.5, 0.6) is 5.75 Å². The topological polar surface area (TPSA) is 52.6 Å². The number of methoxy groups -OCH3 is 1. The third-order valence-corrected chi connectivity index (χ3v) is 2.64. The molecule has 1 aromatic rings. The molecule has 1 rings (SSSR count). The Morgan fingerprint density at radius 1 is 1.41 bits per heavy atom. The number of hydrogen-bond acceptors (Lipinski definition) is 4. The molecule has 0 heterocycles. The van der Waals surface area contributed by atoms with E-state index < -0.39 is 5.97 Å². The summed E-state index contributed by atoms with van der Waals surface area (Å²) in [5, 5.41) is 0. The van der Waals surface area contributed by atoms with Crippen LogP contribution in [0.4, 0.5) is 0 Å². The number of ether oxygens (including phenoxy) is 2. The standard InChI is InChI=1S/C13H16O4/c1-5-17-13(15)11-9(3)8(2)6-10(7-14)12(11)16-4/h6-7H,5H2,1-4H3. The van der Waals surface area contributed by atoms with E-state index in [0.29, 0.717) is 17.4 Å². The van der Waals surface area contributed by atoms with Gasteiger partial charge in [-0.1, -0.05) is 0 Å². The lowest BCUT2D eigenvalue weighted by atomic mass is 9.98. The fourth-order valence-electron chi connectivity index (χ4n) is 1.68. The summed E-state index contributed by atoms with van der Waals surface area (Å²) in [5.41, 5.74) is 2.32. The molecule has 0 aliphatic carbocycles. The zero-order valence-corrected chi connectivity index (χ0v) is 10.5. The summed E-state index contributed by atoms with van der Waals surface area (Å²) in [4.78, 5) is 22.8. The number of hydrogen-bond donors (Lipinski definition) is 0. The first-order valence-electron chi connectivity index (χ1n) is 5.37. The van der Waals surface area contributed by atoms with Crippen molar-refractivity contribution in [2.75, 3.05) is 13.7 Å². The first kappa shape index (κ1) is 13.2. The normalized spacial score (nSPS) is 9.88. The van der Waals surface area contributed by atoms with Gasteiger partial charge in [-0.15, -0.1) is 0 Å². The Balaban J connectivity index is 3.48. The van der Waals surface area contributed by atoms with Gasteiger partial charge in [-0.05, 0) is 38.0 Å². The van der Waals surface area contributed by atoms with Crippen molar-refractivity contribution in [3.8, 4) is 5.75 Å². The minimum absolute atomic E-state index is 0.279. The van der Waals surface area contributed by atoms with Crippen molar-refractivity contribution in [1.82, 2.24) is 0 Å². The lowest BCUT2D eigenvalue weighted by Crippen LogP contribution is -2.11. The molecule has 0 N–H and O–H groups in total. The number of aldehydes is 1. The van der Waals surface area contributed by atoms with Crippen molar-refractivity contribution in [2.45, 2.75) is 20.8 Å². The zero-order valence-electron chi connectivity index (χ0n) is 10.5. The van der Waals surface area contributed by atoms with Crippen LogP contribution >= 0.6 is 0 Å². The Morgan fingerprint density at radius 3 is 2.53 bits per heavy atom. The molecule has 0 spiro atoms. The summed E-state index contributed by atoms with van der Waals surface area (Å²) in [6.45, 7) is 5.66. The van der Waals surface area contributed by atoms with Gasteiger partial charge in [0.05, 0.1) is 19.3 Å². The Hall–Kier alpha value is -1.84. The Bertz CT molecular complexity index is 449. The number of esters is 1. The number of benzene rings is 1. The highest BCUT2D eigenvalue weighted by Gasteiger charge is 2.21. The molecule has 0 atom stereocenters. The van der Waals surface area contributed by atoms with Gasteiger partial charge in [-0.25, -0.2) is 4.79 Å². The van der Waals surface area contributed by atoms with E-state index in [2.05, 4.69) is 0 Å². The van der Waals surface area contributed by atoms with Gasteiger partial charge in [0.15, 0.2) is 6.29 Å². The van der Waals surface area contributed by atoms with Gasteiger partial charge in [0.1, 0.15) is 11.3 Å². The molecule has 0 saturated heterocycles. The molecule has 0 saturated carbocycles. The smallest absolute Gasteiger partial charge is 0.342 e. The maximum absolute atomic E-state index is 11.8. The first-order valence-corrected chi connectivity index (χ1v) is 5.37. The van der Waals surface area contributed by atoms with E-state index in [4.69, 9.17) is 9.47 Å². The van der Waals surface area contributed by atoms with Crippen LogP contribution in [0, 0.1) is 13.8 Å². The van der Waals surface area contributed by atoms with E-state index in [1.807, 2.05) is 6.92 Å². The van der Waals surface area contributed by atoms with Gasteiger partial charge in [-0.2, -0.15) is 0 Å². The van der Waals surface area contributed by atoms with Crippen LogP contribution in [0.15, 0.2) is 6.07 Å². The van der Waals surface area contributed by atoms with Gasteiger partial charge in [-0.3, -0.25) is 4.79 Å². The largest absolute Gasteiger partial charge is 0.495 e. The molecule has 0 aliphatic rings. The van der Waals surface area contributed by atoms with Crippen LogP contribution in [0.25, 0.3) is 0 Å². The molecule has 1 aromatic carbocycles. The van der Waals surface area contributed by atoms with Crippen LogP contribution in [-0.2, 0) is 4.74 Å². The predicted molar refractivity (Wildman–Crippen MR) is 63.8 cm³/mol. The van der Waals surface area contributed by atoms with Crippen molar-refractivity contribution in [1.29, 1.82) is 0 Å². The predicted octanol–water partition coefficient (Wildman–Crippen LogP) is 2.30. The highest BCUT2D eigenvalue weighted by Crippen LogP contribution is 2.29. The van der Waals surface area contributed by atoms with E-state index in [1.54, 1.807) is 19.9 Å². The van der Waals surface area contributed by atoms with Crippen LogP contribution in [0.3, 0.4) is 0 Å². The van der Waals surface area contributed by atoms with Gasteiger partial charge in [0, 0.05) is 0 Å². The lowest BCUT2D eigenvalue weighted by molar-refractivity contribution is 0.0521. The monoisotopic (exact) mass is 236 g/mol. The van der Waals surface area contributed by atoms with Gasteiger partial charge >= 0.3 is 5.97 Å². The van der Waals surface area contributed by atoms with Crippen LogP contribution in [0.1, 0.15) is 38.8 Å². The van der Waals surface area contributed by atoms with Crippen LogP contribution in [0.2, 0.25) is 0 Å². The van der Waals surface area contributed by atoms with E-state index in [9.17, 15) is 9.59 Å².